The van der Waals surface area contributed by atoms with Gasteiger partial charge in [0.05, 0.1) is 17.9 Å². The van der Waals surface area contributed by atoms with Gasteiger partial charge >= 0.3 is 0 Å². The van der Waals surface area contributed by atoms with E-state index in [4.69, 9.17) is 16.3 Å². The second-order valence-electron chi connectivity index (χ2n) is 5.03. The van der Waals surface area contributed by atoms with Gasteiger partial charge in [0.25, 0.3) is 0 Å². The van der Waals surface area contributed by atoms with Crippen molar-refractivity contribution in [3.63, 3.8) is 0 Å². The molecule has 1 saturated heterocycles. The molecule has 1 aromatic carbocycles. The molecule has 1 fully saturated rings. The maximum atomic E-state index is 12.6. The van der Waals surface area contributed by atoms with E-state index in [2.05, 4.69) is 6.92 Å². The number of ether oxygens (including phenoxy) is 1. The summed E-state index contributed by atoms with van der Waals surface area (Å²) in [5, 5.41) is 0. The van der Waals surface area contributed by atoms with Crippen molar-refractivity contribution in [1.29, 1.82) is 0 Å². The number of hydrogen-bond acceptors (Lipinski definition) is 3. The molecule has 0 radical (unpaired) electrons. The molecule has 1 aromatic rings. The van der Waals surface area contributed by atoms with E-state index in [1.807, 2.05) is 0 Å². The van der Waals surface area contributed by atoms with Gasteiger partial charge in [-0.05, 0) is 30.5 Å². The van der Waals surface area contributed by atoms with Crippen LogP contribution in [0, 0.1) is 5.92 Å². The molecule has 1 unspecified atom stereocenters. The monoisotopic (exact) mass is 317 g/mol. The Hall–Kier alpha value is -0.780. The van der Waals surface area contributed by atoms with Gasteiger partial charge < -0.3 is 4.74 Å². The van der Waals surface area contributed by atoms with Gasteiger partial charge in [0.1, 0.15) is 5.75 Å². The zero-order chi connectivity index (χ0) is 14.8. The van der Waals surface area contributed by atoms with Crippen LogP contribution < -0.4 is 4.74 Å². The minimum absolute atomic E-state index is 0.226. The molecule has 1 atom stereocenters. The Morgan fingerprint density at radius 1 is 1.45 bits per heavy atom. The van der Waals surface area contributed by atoms with Crippen LogP contribution in [0.2, 0.25) is 0 Å². The average Bonchev–Trinajstić information content (AvgIpc) is 2.96. The molecule has 0 bridgehead atoms. The normalized spacial score (nSPS) is 20.2. The molecule has 0 aliphatic carbocycles. The largest absolute Gasteiger partial charge is 0.496 e. The molecule has 1 aliphatic heterocycles. The van der Waals surface area contributed by atoms with E-state index in [0.29, 0.717) is 35.2 Å². The number of sulfonamides is 1. The highest BCUT2D eigenvalue weighted by molar-refractivity contribution is 7.89. The molecule has 2 rings (SSSR count). The lowest BCUT2D eigenvalue weighted by molar-refractivity contribution is 0.410. The van der Waals surface area contributed by atoms with Crippen molar-refractivity contribution in [3.8, 4) is 5.75 Å². The Labute approximate surface area is 125 Å². The quantitative estimate of drug-likeness (QED) is 0.785. The highest BCUT2D eigenvalue weighted by Gasteiger charge is 2.32. The van der Waals surface area contributed by atoms with E-state index >= 15 is 0 Å². The Balaban J connectivity index is 2.30. The Morgan fingerprint density at radius 3 is 2.75 bits per heavy atom. The second-order valence-corrected chi connectivity index (χ2v) is 7.24. The highest BCUT2D eigenvalue weighted by Crippen LogP contribution is 2.29. The standard InChI is InChI=1S/C14H20ClNO3S/c1-3-11-6-7-16(10-11)20(17,18)13-4-5-14(19-2)12(8-13)9-15/h4-5,8,11H,3,6-7,9-10H2,1-2H3. The summed E-state index contributed by atoms with van der Waals surface area (Å²) >= 11 is 5.85. The van der Waals surface area contributed by atoms with Crippen LogP contribution in [0.4, 0.5) is 0 Å². The van der Waals surface area contributed by atoms with Crippen LogP contribution in [0.5, 0.6) is 5.75 Å². The van der Waals surface area contributed by atoms with Crippen molar-refractivity contribution < 1.29 is 13.2 Å². The minimum Gasteiger partial charge on any atom is -0.496 e. The molecule has 112 valence electrons. The average molecular weight is 318 g/mol. The third-order valence-electron chi connectivity index (χ3n) is 3.86. The van der Waals surface area contributed by atoms with E-state index in [1.54, 1.807) is 29.6 Å². The molecule has 0 saturated carbocycles. The number of methoxy groups -OCH3 is 1. The Kier molecular flexibility index (Phi) is 4.94. The van der Waals surface area contributed by atoms with Gasteiger partial charge in [-0.15, -0.1) is 11.6 Å². The van der Waals surface area contributed by atoms with Gasteiger partial charge in [0.2, 0.25) is 10.0 Å². The number of rotatable bonds is 5. The summed E-state index contributed by atoms with van der Waals surface area (Å²) in [7, 11) is -1.87. The maximum absolute atomic E-state index is 12.6. The number of alkyl halides is 1. The first-order valence-corrected chi connectivity index (χ1v) is 8.73. The van der Waals surface area contributed by atoms with Gasteiger partial charge in [0, 0.05) is 18.7 Å². The van der Waals surface area contributed by atoms with Gasteiger partial charge in [-0.3, -0.25) is 0 Å². The minimum atomic E-state index is -3.42. The fourth-order valence-electron chi connectivity index (χ4n) is 2.52. The number of halogens is 1. The van der Waals surface area contributed by atoms with E-state index < -0.39 is 10.0 Å². The first kappa shape index (κ1) is 15.6. The molecule has 0 N–H and O–H groups in total. The molecule has 4 nitrogen and oxygen atoms in total. The van der Waals surface area contributed by atoms with Gasteiger partial charge in [0.15, 0.2) is 0 Å². The van der Waals surface area contributed by atoms with Crippen molar-refractivity contribution in [2.75, 3.05) is 20.2 Å². The van der Waals surface area contributed by atoms with Crippen LogP contribution in [-0.2, 0) is 15.9 Å². The second kappa shape index (κ2) is 6.33. The van der Waals surface area contributed by atoms with E-state index in [1.165, 1.54) is 0 Å². The molecule has 0 spiro atoms. The third-order valence-corrected chi connectivity index (χ3v) is 6.01. The first-order chi connectivity index (χ1) is 9.52. The summed E-state index contributed by atoms with van der Waals surface area (Å²) < 4.78 is 32.0. The lowest BCUT2D eigenvalue weighted by Gasteiger charge is -2.17. The highest BCUT2D eigenvalue weighted by atomic mass is 35.5. The fraction of sp³-hybridized carbons (Fsp3) is 0.571. The van der Waals surface area contributed by atoms with Gasteiger partial charge in [-0.25, -0.2) is 8.42 Å². The smallest absolute Gasteiger partial charge is 0.243 e. The predicted octanol–water partition coefficient (Wildman–Crippen LogP) is 2.85. The van der Waals surface area contributed by atoms with Crippen molar-refractivity contribution in [1.82, 2.24) is 4.31 Å². The Morgan fingerprint density at radius 2 is 2.20 bits per heavy atom. The summed E-state index contributed by atoms with van der Waals surface area (Å²) in [6, 6.07) is 4.86. The third kappa shape index (κ3) is 2.95. The molecular weight excluding hydrogens is 298 g/mol. The fourth-order valence-corrected chi connectivity index (χ4v) is 4.31. The number of benzene rings is 1. The molecule has 1 aliphatic rings. The van der Waals surface area contributed by atoms with Crippen LogP contribution in [0.25, 0.3) is 0 Å². The first-order valence-electron chi connectivity index (χ1n) is 6.76. The summed E-state index contributed by atoms with van der Waals surface area (Å²) in [6.07, 6.45) is 1.95. The molecular formula is C14H20ClNO3S. The van der Waals surface area contributed by atoms with Crippen molar-refractivity contribution in [2.45, 2.75) is 30.5 Å². The van der Waals surface area contributed by atoms with Crippen molar-refractivity contribution in [3.05, 3.63) is 23.8 Å². The maximum Gasteiger partial charge on any atom is 0.243 e. The van der Waals surface area contributed by atoms with E-state index in [-0.39, 0.29) is 5.88 Å². The summed E-state index contributed by atoms with van der Waals surface area (Å²) in [4.78, 5) is 0.297. The van der Waals surface area contributed by atoms with Crippen LogP contribution in [0.3, 0.4) is 0 Å². The van der Waals surface area contributed by atoms with Crippen LogP contribution >= 0.6 is 11.6 Å². The number of nitrogens with zero attached hydrogens (tertiary/aromatic N) is 1. The predicted molar refractivity (Wildman–Crippen MR) is 79.7 cm³/mol. The topological polar surface area (TPSA) is 46.6 Å². The number of hydrogen-bond donors (Lipinski definition) is 0. The lowest BCUT2D eigenvalue weighted by Crippen LogP contribution is -2.28. The van der Waals surface area contributed by atoms with Crippen LogP contribution in [0.1, 0.15) is 25.3 Å². The lowest BCUT2D eigenvalue weighted by atomic mass is 10.1. The summed E-state index contributed by atoms with van der Waals surface area (Å²) in [5.41, 5.74) is 0.696. The van der Waals surface area contributed by atoms with Crippen molar-refractivity contribution >= 4 is 21.6 Å². The molecule has 20 heavy (non-hydrogen) atoms. The molecule has 1 heterocycles. The van der Waals surface area contributed by atoms with Crippen LogP contribution in [-0.4, -0.2) is 32.9 Å². The summed E-state index contributed by atoms with van der Waals surface area (Å²) in [5.74, 6) is 1.31. The summed E-state index contributed by atoms with van der Waals surface area (Å²) in [6.45, 7) is 3.31. The van der Waals surface area contributed by atoms with E-state index in [0.717, 1.165) is 12.8 Å². The zero-order valence-electron chi connectivity index (χ0n) is 11.8. The van der Waals surface area contributed by atoms with Gasteiger partial charge in [-0.2, -0.15) is 4.31 Å². The van der Waals surface area contributed by atoms with E-state index in [9.17, 15) is 8.42 Å². The molecule has 0 aromatic heterocycles. The Bertz CT molecular complexity index is 574. The SMILES string of the molecule is CCC1CCN(S(=O)(=O)c2ccc(OC)c(CCl)c2)C1. The van der Waals surface area contributed by atoms with Gasteiger partial charge in [-0.1, -0.05) is 13.3 Å². The molecule has 0 amide bonds. The zero-order valence-corrected chi connectivity index (χ0v) is 13.4. The van der Waals surface area contributed by atoms with Crippen molar-refractivity contribution in [2.24, 2.45) is 5.92 Å². The van der Waals surface area contributed by atoms with Crippen LogP contribution in [0.15, 0.2) is 23.1 Å². The molecule has 6 heteroatoms.